The molecule has 29 heavy (non-hydrogen) atoms. The van der Waals surface area contributed by atoms with Gasteiger partial charge in [-0.1, -0.05) is 24.3 Å². The van der Waals surface area contributed by atoms with Crippen LogP contribution in [0.4, 0.5) is 0 Å². The van der Waals surface area contributed by atoms with Gasteiger partial charge in [0.1, 0.15) is 5.52 Å². The van der Waals surface area contributed by atoms with Crippen LogP contribution in [0.5, 0.6) is 0 Å². The van der Waals surface area contributed by atoms with E-state index in [1.807, 2.05) is 49.7 Å². The predicted molar refractivity (Wildman–Crippen MR) is 111 cm³/mol. The monoisotopic (exact) mass is 396 g/mol. The summed E-state index contributed by atoms with van der Waals surface area (Å²) in [6.07, 6.45) is 0.961. The van der Waals surface area contributed by atoms with Gasteiger partial charge >= 0.3 is 5.97 Å². The molecule has 2 aromatic heterocycles. The second-order valence-electron chi connectivity index (χ2n) is 6.97. The third kappa shape index (κ3) is 4.15. The van der Waals surface area contributed by atoms with Crippen LogP contribution in [0.25, 0.3) is 11.0 Å². The topological polar surface area (TPSA) is 90.1 Å². The minimum atomic E-state index is -0.290. The van der Waals surface area contributed by atoms with E-state index in [9.17, 15) is 9.90 Å². The van der Waals surface area contributed by atoms with Crippen molar-refractivity contribution in [2.24, 2.45) is 0 Å². The highest BCUT2D eigenvalue weighted by atomic mass is 16.5. The molecule has 0 amide bonds. The molecule has 0 saturated carbocycles. The van der Waals surface area contributed by atoms with Crippen LogP contribution in [-0.4, -0.2) is 37.7 Å². The summed E-state index contributed by atoms with van der Waals surface area (Å²) < 4.78 is 7.07. The number of hydrogen-bond acceptors (Lipinski definition) is 6. The van der Waals surface area contributed by atoms with Crippen molar-refractivity contribution in [3.63, 3.8) is 0 Å². The molecular formula is C22H28N4O3. The number of carbonyl (C=O) groups excluding carboxylic acids is 1. The van der Waals surface area contributed by atoms with Crippen LogP contribution in [0.3, 0.4) is 0 Å². The van der Waals surface area contributed by atoms with Gasteiger partial charge in [0.25, 0.3) is 0 Å². The molecule has 0 saturated heterocycles. The second-order valence-corrected chi connectivity index (χ2v) is 6.97. The van der Waals surface area contributed by atoms with Crippen LogP contribution in [-0.2, 0) is 29.1 Å². The number of aliphatic hydroxyl groups excluding tert-OH is 1. The molecular weight excluding hydrogens is 368 g/mol. The molecule has 1 aromatic carbocycles. The number of hydrogen-bond donors (Lipinski definition) is 1. The Hall–Kier alpha value is -2.80. The van der Waals surface area contributed by atoms with Gasteiger partial charge in [-0.2, -0.15) is 0 Å². The first-order valence-corrected chi connectivity index (χ1v) is 10.1. The first kappa shape index (κ1) is 20.9. The van der Waals surface area contributed by atoms with Crippen molar-refractivity contribution in [3.8, 4) is 0 Å². The van der Waals surface area contributed by atoms with E-state index in [4.69, 9.17) is 9.72 Å². The molecule has 3 aromatic rings. The molecule has 2 heterocycles. The Labute approximate surface area is 170 Å². The number of esters is 1. The minimum Gasteiger partial charge on any atom is -0.466 e. The fourth-order valence-electron chi connectivity index (χ4n) is 3.75. The first-order valence-electron chi connectivity index (χ1n) is 10.1. The molecule has 0 radical (unpaired) electrons. The van der Waals surface area contributed by atoms with Crippen molar-refractivity contribution in [1.29, 1.82) is 0 Å². The number of fused-ring (bicyclic) bond motifs is 1. The lowest BCUT2D eigenvalue weighted by atomic mass is 9.88. The SMILES string of the molecule is CCOC(=O)CC(c1ccc(CC)c(CO)n1)c1ccc2c(nnn2CC)c1C. The van der Waals surface area contributed by atoms with Gasteiger partial charge in [0, 0.05) is 18.2 Å². The zero-order chi connectivity index (χ0) is 21.0. The summed E-state index contributed by atoms with van der Waals surface area (Å²) in [5.41, 5.74) is 6.13. The predicted octanol–water partition coefficient (Wildman–Crippen LogP) is 3.29. The van der Waals surface area contributed by atoms with Gasteiger partial charge in [-0.15, -0.1) is 5.10 Å². The summed E-state index contributed by atoms with van der Waals surface area (Å²) in [6, 6.07) is 7.93. The van der Waals surface area contributed by atoms with E-state index in [0.29, 0.717) is 12.3 Å². The number of aromatic nitrogens is 4. The Morgan fingerprint density at radius 1 is 1.21 bits per heavy atom. The quantitative estimate of drug-likeness (QED) is 0.588. The molecule has 1 N–H and O–H groups in total. The summed E-state index contributed by atoms with van der Waals surface area (Å²) in [5, 5.41) is 18.3. The fourth-order valence-corrected chi connectivity index (χ4v) is 3.75. The molecule has 0 spiro atoms. The zero-order valence-electron chi connectivity index (χ0n) is 17.5. The van der Waals surface area contributed by atoms with E-state index in [2.05, 4.69) is 10.3 Å². The summed E-state index contributed by atoms with van der Waals surface area (Å²) in [6.45, 7) is 8.78. The van der Waals surface area contributed by atoms with Crippen molar-refractivity contribution in [2.75, 3.05) is 6.61 Å². The summed E-state index contributed by atoms with van der Waals surface area (Å²) in [7, 11) is 0. The van der Waals surface area contributed by atoms with Gasteiger partial charge in [0.15, 0.2) is 0 Å². The normalized spacial score (nSPS) is 12.3. The average molecular weight is 396 g/mol. The number of pyridine rings is 1. The Bertz CT molecular complexity index is 1010. The Morgan fingerprint density at radius 2 is 2.00 bits per heavy atom. The molecule has 154 valence electrons. The van der Waals surface area contributed by atoms with E-state index >= 15 is 0 Å². The van der Waals surface area contributed by atoms with Crippen molar-refractivity contribution in [2.45, 2.75) is 59.6 Å². The number of benzene rings is 1. The van der Waals surface area contributed by atoms with Crippen LogP contribution in [0.2, 0.25) is 0 Å². The van der Waals surface area contributed by atoms with Gasteiger partial charge in [-0.25, -0.2) is 4.68 Å². The van der Waals surface area contributed by atoms with Crippen LogP contribution >= 0.6 is 0 Å². The van der Waals surface area contributed by atoms with Gasteiger partial charge in [-0.05, 0) is 56.0 Å². The van der Waals surface area contributed by atoms with Gasteiger partial charge in [0.2, 0.25) is 0 Å². The van der Waals surface area contributed by atoms with E-state index < -0.39 is 0 Å². The number of aryl methyl sites for hydroxylation is 3. The smallest absolute Gasteiger partial charge is 0.306 e. The zero-order valence-corrected chi connectivity index (χ0v) is 17.5. The van der Waals surface area contributed by atoms with Crippen molar-refractivity contribution < 1.29 is 14.6 Å². The molecule has 0 bridgehead atoms. The highest BCUT2D eigenvalue weighted by molar-refractivity contribution is 5.80. The molecule has 0 aliphatic rings. The Morgan fingerprint density at radius 3 is 2.66 bits per heavy atom. The number of rotatable bonds is 8. The molecule has 1 atom stereocenters. The molecule has 0 aliphatic heterocycles. The van der Waals surface area contributed by atoms with E-state index in [-0.39, 0.29) is 24.9 Å². The van der Waals surface area contributed by atoms with E-state index in [1.165, 1.54) is 0 Å². The molecule has 7 heteroatoms. The maximum absolute atomic E-state index is 12.4. The van der Waals surface area contributed by atoms with Gasteiger partial charge in [-0.3, -0.25) is 9.78 Å². The molecule has 1 unspecified atom stereocenters. The third-order valence-corrected chi connectivity index (χ3v) is 5.31. The van der Waals surface area contributed by atoms with Crippen molar-refractivity contribution in [3.05, 3.63) is 52.3 Å². The lowest BCUT2D eigenvalue weighted by molar-refractivity contribution is -0.143. The summed E-state index contributed by atoms with van der Waals surface area (Å²) >= 11 is 0. The van der Waals surface area contributed by atoms with E-state index in [0.717, 1.165) is 46.4 Å². The second kappa shape index (κ2) is 9.13. The number of aliphatic hydroxyl groups is 1. The summed E-state index contributed by atoms with van der Waals surface area (Å²) in [4.78, 5) is 17.1. The third-order valence-electron chi connectivity index (χ3n) is 5.31. The highest BCUT2D eigenvalue weighted by Gasteiger charge is 2.24. The highest BCUT2D eigenvalue weighted by Crippen LogP contribution is 2.33. The van der Waals surface area contributed by atoms with Crippen LogP contribution in [0.15, 0.2) is 24.3 Å². The standard InChI is InChI=1S/C22H28N4O3/c1-5-15-8-10-18(23-19(15)13-27)17(12-21(28)29-7-3)16-9-11-20-22(14(16)4)24-25-26(20)6-2/h8-11,17,27H,5-7,12-13H2,1-4H3. The average Bonchev–Trinajstić information content (AvgIpc) is 3.16. The van der Waals surface area contributed by atoms with Crippen LogP contribution in [0, 0.1) is 6.92 Å². The lowest BCUT2D eigenvalue weighted by Crippen LogP contribution is -2.15. The van der Waals surface area contributed by atoms with Gasteiger partial charge in [0.05, 0.1) is 30.8 Å². The number of ether oxygens (including phenoxy) is 1. The van der Waals surface area contributed by atoms with Crippen LogP contribution in [0.1, 0.15) is 61.2 Å². The Balaban J connectivity index is 2.12. The molecule has 7 nitrogen and oxygen atoms in total. The number of carbonyl (C=O) groups is 1. The maximum Gasteiger partial charge on any atom is 0.306 e. The lowest BCUT2D eigenvalue weighted by Gasteiger charge is -2.20. The van der Waals surface area contributed by atoms with Gasteiger partial charge < -0.3 is 9.84 Å². The largest absolute Gasteiger partial charge is 0.466 e. The minimum absolute atomic E-state index is 0.133. The van der Waals surface area contributed by atoms with Crippen molar-refractivity contribution >= 4 is 17.0 Å². The first-order chi connectivity index (χ1) is 14.0. The summed E-state index contributed by atoms with van der Waals surface area (Å²) in [5.74, 6) is -0.567. The number of nitrogens with zero attached hydrogens (tertiary/aromatic N) is 4. The van der Waals surface area contributed by atoms with Crippen molar-refractivity contribution in [1.82, 2.24) is 20.0 Å². The molecule has 0 aliphatic carbocycles. The Kier molecular flexibility index (Phi) is 6.59. The fraction of sp³-hybridized carbons (Fsp3) is 0.455. The molecule has 0 fully saturated rings. The molecule has 3 rings (SSSR count). The maximum atomic E-state index is 12.4. The van der Waals surface area contributed by atoms with E-state index in [1.54, 1.807) is 6.92 Å². The van der Waals surface area contributed by atoms with Crippen LogP contribution < -0.4 is 0 Å².